The first-order valence-corrected chi connectivity index (χ1v) is 18.4. The van der Waals surface area contributed by atoms with Gasteiger partial charge in [0.1, 0.15) is 6.10 Å². The summed E-state index contributed by atoms with van der Waals surface area (Å²) >= 11 is 0. The summed E-state index contributed by atoms with van der Waals surface area (Å²) in [5.41, 5.74) is 4.01. The van der Waals surface area contributed by atoms with E-state index < -0.39 is 9.84 Å². The molecule has 8 nitrogen and oxygen atoms in total. The number of likely N-dealkylation sites (N-methyl/N-ethyl adjacent to an activating group) is 1. The van der Waals surface area contributed by atoms with Crippen LogP contribution in [0.15, 0.2) is 82.8 Å². The number of hydrogen-bond donors (Lipinski definition) is 0. The molecule has 3 aliphatic heterocycles. The summed E-state index contributed by atoms with van der Waals surface area (Å²) < 4.78 is 31.9. The number of esters is 1. The van der Waals surface area contributed by atoms with Crippen molar-refractivity contribution in [2.75, 3.05) is 51.2 Å². The van der Waals surface area contributed by atoms with E-state index in [1.807, 2.05) is 12.1 Å². The molecule has 2 aromatic carbocycles. The van der Waals surface area contributed by atoms with Gasteiger partial charge in [-0.2, -0.15) is 0 Å². The third-order valence-corrected chi connectivity index (χ3v) is 13.0. The standard InChI is InChI=1S/C37H46N4O4S/c1-27(42)45-36-9-5-8-35(36)37(26-39(2)25-29-6-3-4-7-34(29)37)30-16-20-40(21-17-30)22-28-23-41(24-28)31-10-12-32(13-11-31)46(43,44)33-14-18-38-19-15-33/h3-4,6-7,10-15,18-19,28,30,35-36H,5,8-9,16-17,20-26H2,1-2H3. The number of pyridine rings is 1. The summed E-state index contributed by atoms with van der Waals surface area (Å²) in [5, 5.41) is 0. The van der Waals surface area contributed by atoms with E-state index in [1.54, 1.807) is 19.1 Å². The van der Waals surface area contributed by atoms with Crippen LogP contribution in [0.5, 0.6) is 0 Å². The second-order valence-corrected chi connectivity index (χ2v) is 16.0. The monoisotopic (exact) mass is 642 g/mol. The van der Waals surface area contributed by atoms with Crippen LogP contribution >= 0.6 is 0 Å². The van der Waals surface area contributed by atoms with Gasteiger partial charge in [-0.05, 0) is 106 Å². The number of hydrogen-bond acceptors (Lipinski definition) is 8. The summed E-state index contributed by atoms with van der Waals surface area (Å²) in [7, 11) is -1.29. The molecular weight excluding hydrogens is 596 g/mol. The number of piperidine rings is 1. The van der Waals surface area contributed by atoms with Gasteiger partial charge in [0.25, 0.3) is 0 Å². The minimum Gasteiger partial charge on any atom is -0.462 e. The number of aromatic nitrogens is 1. The molecule has 9 heteroatoms. The van der Waals surface area contributed by atoms with E-state index in [4.69, 9.17) is 4.74 Å². The van der Waals surface area contributed by atoms with Crippen molar-refractivity contribution >= 4 is 21.5 Å². The van der Waals surface area contributed by atoms with Crippen LogP contribution in [0.1, 0.15) is 50.2 Å². The maximum absolute atomic E-state index is 13.0. The Balaban J connectivity index is 0.994. The molecule has 3 atom stereocenters. The molecule has 0 bridgehead atoms. The van der Waals surface area contributed by atoms with Crippen molar-refractivity contribution < 1.29 is 17.9 Å². The van der Waals surface area contributed by atoms with Gasteiger partial charge in [-0.3, -0.25) is 9.78 Å². The summed E-state index contributed by atoms with van der Waals surface area (Å²) in [6, 6.07) is 19.4. The summed E-state index contributed by atoms with van der Waals surface area (Å²) in [6.45, 7) is 8.84. The second-order valence-electron chi connectivity index (χ2n) is 14.1. The van der Waals surface area contributed by atoms with Crippen LogP contribution in [-0.4, -0.2) is 81.6 Å². The molecule has 3 aromatic rings. The van der Waals surface area contributed by atoms with Crippen molar-refractivity contribution in [3.8, 4) is 0 Å². The Bertz CT molecular complexity index is 1640. The Kier molecular flexibility index (Phi) is 8.67. The number of rotatable bonds is 8. The van der Waals surface area contributed by atoms with Crippen LogP contribution in [0, 0.1) is 17.8 Å². The highest BCUT2D eigenvalue weighted by Crippen LogP contribution is 2.54. The Morgan fingerprint density at radius 1 is 0.935 bits per heavy atom. The number of carbonyl (C=O) groups is 1. The Morgan fingerprint density at radius 2 is 1.63 bits per heavy atom. The molecule has 4 heterocycles. The minimum absolute atomic E-state index is 0.000794. The first-order valence-electron chi connectivity index (χ1n) is 16.9. The number of fused-ring (bicyclic) bond motifs is 1. The summed E-state index contributed by atoms with van der Waals surface area (Å²) in [6.07, 6.45) is 8.55. The van der Waals surface area contributed by atoms with Crippen molar-refractivity contribution in [2.45, 2.75) is 66.9 Å². The molecule has 0 spiro atoms. The fourth-order valence-electron chi connectivity index (χ4n) is 9.21. The molecule has 0 N–H and O–H groups in total. The number of carbonyl (C=O) groups excluding carboxylic acids is 1. The van der Waals surface area contributed by atoms with Gasteiger partial charge < -0.3 is 19.4 Å². The van der Waals surface area contributed by atoms with Gasteiger partial charge in [0.2, 0.25) is 9.84 Å². The lowest BCUT2D eigenvalue weighted by molar-refractivity contribution is -0.150. The van der Waals surface area contributed by atoms with Crippen molar-refractivity contribution in [3.63, 3.8) is 0 Å². The molecule has 0 amide bonds. The fourth-order valence-corrected chi connectivity index (χ4v) is 10.5. The maximum Gasteiger partial charge on any atom is 0.302 e. The lowest BCUT2D eigenvalue weighted by atomic mass is 9.56. The lowest BCUT2D eigenvalue weighted by Gasteiger charge is -2.54. The van der Waals surface area contributed by atoms with Crippen LogP contribution in [0.25, 0.3) is 0 Å². The number of sulfone groups is 1. The molecule has 0 radical (unpaired) electrons. The molecule has 3 unspecified atom stereocenters. The smallest absolute Gasteiger partial charge is 0.302 e. The van der Waals surface area contributed by atoms with Crippen LogP contribution in [-0.2, 0) is 31.3 Å². The average Bonchev–Trinajstić information content (AvgIpc) is 3.51. The third kappa shape index (κ3) is 5.86. The van der Waals surface area contributed by atoms with E-state index in [2.05, 4.69) is 51.0 Å². The second kappa shape index (κ2) is 12.7. The quantitative estimate of drug-likeness (QED) is 0.311. The Morgan fingerprint density at radius 3 is 2.35 bits per heavy atom. The van der Waals surface area contributed by atoms with Gasteiger partial charge >= 0.3 is 5.97 Å². The zero-order chi connectivity index (χ0) is 31.9. The van der Waals surface area contributed by atoms with Gasteiger partial charge in [0.15, 0.2) is 0 Å². The summed E-state index contributed by atoms with van der Waals surface area (Å²) in [4.78, 5) is 24.2. The molecule has 7 rings (SSSR count). The fraction of sp³-hybridized carbons (Fsp3) is 0.514. The normalized spacial score (nSPS) is 26.4. The van der Waals surface area contributed by atoms with Gasteiger partial charge in [-0.25, -0.2) is 8.42 Å². The largest absolute Gasteiger partial charge is 0.462 e. The number of ether oxygens (including phenoxy) is 1. The topological polar surface area (TPSA) is 83.0 Å². The van der Waals surface area contributed by atoms with E-state index in [9.17, 15) is 13.2 Å². The highest BCUT2D eigenvalue weighted by atomic mass is 32.2. The first kappa shape index (κ1) is 31.3. The zero-order valence-corrected chi connectivity index (χ0v) is 27.9. The predicted octanol–water partition coefficient (Wildman–Crippen LogP) is 5.18. The number of anilines is 1. The highest BCUT2D eigenvalue weighted by molar-refractivity contribution is 7.91. The van der Waals surface area contributed by atoms with Crippen LogP contribution in [0.3, 0.4) is 0 Å². The molecule has 1 aromatic heterocycles. The SMILES string of the molecule is CC(=O)OC1CCCC1C1(C2CCN(CC3CN(c4ccc(S(=O)(=O)c5ccncc5)cc4)C3)CC2)CN(C)Cc2ccccc21. The van der Waals surface area contributed by atoms with Gasteiger partial charge in [-0.1, -0.05) is 24.3 Å². The molecule has 3 fully saturated rings. The first-order chi connectivity index (χ1) is 22.2. The van der Waals surface area contributed by atoms with E-state index in [0.717, 1.165) is 83.6 Å². The minimum atomic E-state index is -3.54. The van der Waals surface area contributed by atoms with Crippen LogP contribution < -0.4 is 4.90 Å². The highest BCUT2D eigenvalue weighted by Gasteiger charge is 2.54. The van der Waals surface area contributed by atoms with Crippen LogP contribution in [0.2, 0.25) is 0 Å². The third-order valence-electron chi connectivity index (χ3n) is 11.2. The van der Waals surface area contributed by atoms with E-state index in [1.165, 1.54) is 35.7 Å². The molecule has 1 saturated carbocycles. The number of nitrogens with zero attached hydrogens (tertiary/aromatic N) is 4. The Labute approximate surface area is 273 Å². The number of likely N-dealkylation sites (tertiary alicyclic amines) is 1. The van der Waals surface area contributed by atoms with E-state index in [0.29, 0.717) is 22.6 Å². The molecule has 2 saturated heterocycles. The predicted molar refractivity (Wildman–Crippen MR) is 178 cm³/mol. The molecule has 244 valence electrons. The zero-order valence-electron chi connectivity index (χ0n) is 27.1. The van der Waals surface area contributed by atoms with E-state index in [-0.39, 0.29) is 22.4 Å². The van der Waals surface area contributed by atoms with Gasteiger partial charge in [0, 0.05) is 75.0 Å². The van der Waals surface area contributed by atoms with Crippen molar-refractivity contribution in [2.24, 2.45) is 17.8 Å². The lowest BCUT2D eigenvalue weighted by Crippen LogP contribution is -2.58. The van der Waals surface area contributed by atoms with E-state index >= 15 is 0 Å². The number of benzene rings is 2. The summed E-state index contributed by atoms with van der Waals surface area (Å²) in [5.74, 6) is 1.35. The average molecular weight is 643 g/mol. The van der Waals surface area contributed by atoms with Crippen molar-refractivity contribution in [1.29, 1.82) is 0 Å². The van der Waals surface area contributed by atoms with Crippen molar-refractivity contribution in [3.05, 3.63) is 84.2 Å². The van der Waals surface area contributed by atoms with Gasteiger partial charge in [0.05, 0.1) is 9.79 Å². The van der Waals surface area contributed by atoms with Crippen LogP contribution in [0.4, 0.5) is 5.69 Å². The van der Waals surface area contributed by atoms with Gasteiger partial charge in [-0.15, -0.1) is 0 Å². The molecular formula is C37H46N4O4S. The maximum atomic E-state index is 13.0. The molecule has 1 aliphatic carbocycles. The van der Waals surface area contributed by atoms with Crippen molar-refractivity contribution in [1.82, 2.24) is 14.8 Å². The molecule has 46 heavy (non-hydrogen) atoms. The molecule has 4 aliphatic rings. The Hall–Kier alpha value is -3.27.